The molecule has 1 amide bonds. The Morgan fingerprint density at radius 1 is 1.34 bits per heavy atom. The summed E-state index contributed by atoms with van der Waals surface area (Å²) in [4.78, 5) is 25.2. The number of likely N-dealkylation sites (tertiary alicyclic amines) is 1. The summed E-state index contributed by atoms with van der Waals surface area (Å²) in [5.74, 6) is -0.104. The van der Waals surface area contributed by atoms with Gasteiger partial charge in [-0.25, -0.2) is 9.37 Å². The average Bonchev–Trinajstić information content (AvgIpc) is 3.13. The van der Waals surface area contributed by atoms with Crippen LogP contribution in [0.15, 0.2) is 24.4 Å². The maximum absolute atomic E-state index is 14.4. The maximum Gasteiger partial charge on any atom is 0.228 e. The van der Waals surface area contributed by atoms with Crippen LogP contribution in [0.25, 0.3) is 21.6 Å². The molecule has 1 fully saturated rings. The van der Waals surface area contributed by atoms with Crippen molar-refractivity contribution in [3.63, 3.8) is 0 Å². The Balaban J connectivity index is 1.50. The fourth-order valence-corrected chi connectivity index (χ4v) is 4.30. The van der Waals surface area contributed by atoms with Gasteiger partial charge in [0, 0.05) is 24.2 Å². The lowest BCUT2D eigenvalue weighted by Crippen LogP contribution is -2.52. The number of rotatable bonds is 4. The van der Waals surface area contributed by atoms with Gasteiger partial charge in [-0.15, -0.1) is 10.2 Å². The number of carbonyl (C=O) groups excluding carboxylic acids is 1. The van der Waals surface area contributed by atoms with Gasteiger partial charge in [-0.05, 0) is 45.6 Å². The summed E-state index contributed by atoms with van der Waals surface area (Å²) in [6, 6.07) is 5.52. The minimum atomic E-state index is -1.04. The van der Waals surface area contributed by atoms with Crippen molar-refractivity contribution in [2.75, 3.05) is 27.2 Å². The van der Waals surface area contributed by atoms with E-state index in [4.69, 9.17) is 0 Å². The number of fused-ring (bicyclic) bond motifs is 1. The van der Waals surface area contributed by atoms with Crippen LogP contribution in [0.3, 0.4) is 0 Å². The highest BCUT2D eigenvalue weighted by atomic mass is 32.1. The molecule has 0 N–H and O–H groups in total. The van der Waals surface area contributed by atoms with E-state index in [-0.39, 0.29) is 24.9 Å². The summed E-state index contributed by atoms with van der Waals surface area (Å²) in [6.07, 6.45) is 1.46. The number of amides is 1. The van der Waals surface area contributed by atoms with E-state index < -0.39 is 6.17 Å². The summed E-state index contributed by atoms with van der Waals surface area (Å²) in [6.45, 7) is 2.60. The van der Waals surface area contributed by atoms with Crippen LogP contribution in [0.1, 0.15) is 17.1 Å². The normalized spacial score (nSPS) is 19.8. The molecule has 9 heteroatoms. The molecule has 0 aliphatic carbocycles. The quantitative estimate of drug-likeness (QED) is 0.653. The molecule has 4 heterocycles. The lowest BCUT2D eigenvalue weighted by atomic mass is 10.0. The fraction of sp³-hybridized carbons (Fsp3) is 0.450. The predicted molar refractivity (Wildman–Crippen MR) is 110 cm³/mol. The number of piperidine rings is 1. The Bertz CT molecular complexity index is 1040. The van der Waals surface area contributed by atoms with Gasteiger partial charge in [0.25, 0.3) is 0 Å². The Morgan fingerprint density at radius 3 is 2.86 bits per heavy atom. The molecule has 1 aliphatic rings. The largest absolute Gasteiger partial charge is 0.339 e. The minimum Gasteiger partial charge on any atom is -0.339 e. The van der Waals surface area contributed by atoms with E-state index in [9.17, 15) is 9.18 Å². The third-order valence-electron chi connectivity index (χ3n) is 5.23. The SMILES string of the molecule is Cc1nnc(-c2ccc3cnc(CC(=O)N4CC[C@H](N(C)C)[C@@H](F)C4)cc3n2)s1. The standard InChI is InChI=1S/C20H23FN6OS/c1-12-24-25-20(29-12)16-5-4-13-10-22-14(8-17(13)23-16)9-19(28)27-7-6-18(26(2)3)15(21)11-27/h4-5,8,10,15,18H,6-7,9,11H2,1-3H3/t15-,18-/m0/s1. The van der Waals surface area contributed by atoms with Crippen molar-refractivity contribution in [1.82, 2.24) is 30.0 Å². The molecule has 7 nitrogen and oxygen atoms in total. The van der Waals surface area contributed by atoms with Gasteiger partial charge in [0.1, 0.15) is 16.9 Å². The van der Waals surface area contributed by atoms with Gasteiger partial charge in [0.15, 0.2) is 5.01 Å². The number of halogens is 1. The molecule has 1 saturated heterocycles. The zero-order chi connectivity index (χ0) is 20.5. The first-order valence-corrected chi connectivity index (χ1v) is 10.4. The van der Waals surface area contributed by atoms with Crippen LogP contribution in [0.4, 0.5) is 4.39 Å². The van der Waals surface area contributed by atoms with Crippen molar-refractivity contribution >= 4 is 28.1 Å². The van der Waals surface area contributed by atoms with Crippen molar-refractivity contribution < 1.29 is 9.18 Å². The fourth-order valence-electron chi connectivity index (χ4n) is 3.64. The van der Waals surface area contributed by atoms with E-state index in [2.05, 4.69) is 20.2 Å². The second-order valence-corrected chi connectivity index (χ2v) is 8.72. The van der Waals surface area contributed by atoms with Crippen LogP contribution in [0.5, 0.6) is 0 Å². The number of hydrogen-bond acceptors (Lipinski definition) is 7. The zero-order valence-electron chi connectivity index (χ0n) is 16.7. The zero-order valence-corrected chi connectivity index (χ0v) is 17.5. The lowest BCUT2D eigenvalue weighted by molar-refractivity contribution is -0.133. The van der Waals surface area contributed by atoms with Gasteiger partial charge in [0.05, 0.1) is 24.2 Å². The number of pyridine rings is 2. The van der Waals surface area contributed by atoms with Crippen molar-refractivity contribution in [3.05, 3.63) is 35.1 Å². The van der Waals surface area contributed by atoms with E-state index in [0.717, 1.165) is 26.6 Å². The van der Waals surface area contributed by atoms with Crippen LogP contribution < -0.4 is 0 Å². The molecule has 3 aromatic heterocycles. The van der Waals surface area contributed by atoms with Gasteiger partial charge >= 0.3 is 0 Å². The highest BCUT2D eigenvalue weighted by Gasteiger charge is 2.32. The number of nitrogens with zero attached hydrogens (tertiary/aromatic N) is 6. The first-order valence-electron chi connectivity index (χ1n) is 9.55. The molecule has 0 aromatic carbocycles. The van der Waals surface area contributed by atoms with Crippen molar-refractivity contribution in [2.24, 2.45) is 0 Å². The van der Waals surface area contributed by atoms with Gasteiger partial charge in [-0.1, -0.05) is 11.3 Å². The average molecular weight is 415 g/mol. The predicted octanol–water partition coefficient (Wildman–Crippen LogP) is 2.50. The van der Waals surface area contributed by atoms with E-state index in [1.165, 1.54) is 11.3 Å². The molecular formula is C20H23FN6OS. The molecule has 4 rings (SSSR count). The van der Waals surface area contributed by atoms with Gasteiger partial charge in [-0.2, -0.15) is 0 Å². The molecular weight excluding hydrogens is 391 g/mol. The molecule has 152 valence electrons. The molecule has 2 atom stereocenters. The van der Waals surface area contributed by atoms with Gasteiger partial charge < -0.3 is 9.80 Å². The molecule has 0 unspecified atom stereocenters. The number of carbonyl (C=O) groups is 1. The first kappa shape index (κ1) is 19.8. The monoisotopic (exact) mass is 414 g/mol. The Hall–Kier alpha value is -2.52. The molecule has 0 radical (unpaired) electrons. The summed E-state index contributed by atoms with van der Waals surface area (Å²) in [5, 5.41) is 10.7. The van der Waals surface area contributed by atoms with Crippen molar-refractivity contribution in [2.45, 2.75) is 32.0 Å². The number of alkyl halides is 1. The van der Waals surface area contributed by atoms with E-state index in [1.54, 1.807) is 11.1 Å². The van der Waals surface area contributed by atoms with E-state index in [0.29, 0.717) is 18.7 Å². The molecule has 0 spiro atoms. The van der Waals surface area contributed by atoms with Gasteiger partial charge in [0.2, 0.25) is 5.91 Å². The van der Waals surface area contributed by atoms with Crippen LogP contribution in [0.2, 0.25) is 0 Å². The molecule has 3 aromatic rings. The Morgan fingerprint density at radius 2 is 2.17 bits per heavy atom. The molecule has 0 saturated carbocycles. The van der Waals surface area contributed by atoms with Crippen LogP contribution in [0, 0.1) is 6.92 Å². The number of aryl methyl sites for hydroxylation is 1. The molecule has 1 aliphatic heterocycles. The molecule has 0 bridgehead atoms. The third kappa shape index (κ3) is 4.25. The second kappa shape index (κ2) is 8.08. The molecule has 29 heavy (non-hydrogen) atoms. The summed E-state index contributed by atoms with van der Waals surface area (Å²) < 4.78 is 14.4. The maximum atomic E-state index is 14.4. The van der Waals surface area contributed by atoms with Crippen LogP contribution >= 0.6 is 11.3 Å². The minimum absolute atomic E-state index is 0.104. The summed E-state index contributed by atoms with van der Waals surface area (Å²) in [5.41, 5.74) is 2.13. The number of aromatic nitrogens is 4. The van der Waals surface area contributed by atoms with Gasteiger partial charge in [-0.3, -0.25) is 9.78 Å². The Kier molecular flexibility index (Phi) is 5.51. The smallest absolute Gasteiger partial charge is 0.228 e. The highest BCUT2D eigenvalue weighted by molar-refractivity contribution is 7.14. The van der Waals surface area contributed by atoms with Crippen molar-refractivity contribution in [1.29, 1.82) is 0 Å². The van der Waals surface area contributed by atoms with E-state index in [1.807, 2.05) is 44.1 Å². The highest BCUT2D eigenvalue weighted by Crippen LogP contribution is 2.24. The van der Waals surface area contributed by atoms with Crippen molar-refractivity contribution in [3.8, 4) is 10.7 Å². The van der Waals surface area contributed by atoms with E-state index >= 15 is 0 Å². The number of hydrogen-bond donors (Lipinski definition) is 0. The second-order valence-electron chi connectivity index (χ2n) is 7.54. The Labute approximate surface area is 172 Å². The van der Waals surface area contributed by atoms with Crippen LogP contribution in [-0.4, -0.2) is 75.3 Å². The van der Waals surface area contributed by atoms with Crippen LogP contribution in [-0.2, 0) is 11.2 Å². The topological polar surface area (TPSA) is 75.1 Å². The summed E-state index contributed by atoms with van der Waals surface area (Å²) >= 11 is 1.49. The first-order chi connectivity index (χ1) is 13.9. The third-order valence-corrected chi connectivity index (χ3v) is 6.09. The lowest BCUT2D eigenvalue weighted by Gasteiger charge is -2.37. The summed E-state index contributed by atoms with van der Waals surface area (Å²) in [7, 11) is 3.75.